The van der Waals surface area contributed by atoms with E-state index >= 15 is 0 Å². The van der Waals surface area contributed by atoms with Gasteiger partial charge in [0.25, 0.3) is 0 Å². The molecule has 3 atom stereocenters. The van der Waals surface area contributed by atoms with Crippen LogP contribution in [0.5, 0.6) is 0 Å². The number of fused-ring (bicyclic) bond motifs is 2. The molecule has 5 nitrogen and oxygen atoms in total. The summed E-state index contributed by atoms with van der Waals surface area (Å²) in [5.41, 5.74) is 0. The maximum Gasteiger partial charge on any atom is 0.308 e. The van der Waals surface area contributed by atoms with E-state index in [2.05, 4.69) is 0 Å². The van der Waals surface area contributed by atoms with Crippen molar-refractivity contribution in [3.8, 4) is 0 Å². The third kappa shape index (κ3) is 1.86. The first-order valence-corrected chi connectivity index (χ1v) is 7.77. The average molecular weight is 281 g/mol. The second-order valence-electron chi connectivity index (χ2n) is 5.13. The predicted octanol–water partition coefficient (Wildman–Crippen LogP) is 1.31. The third-order valence-electron chi connectivity index (χ3n) is 4.11. The van der Waals surface area contributed by atoms with E-state index in [1.165, 1.54) is 4.31 Å². The number of benzene rings is 1. The van der Waals surface area contributed by atoms with Gasteiger partial charge in [-0.2, -0.15) is 4.31 Å². The fourth-order valence-corrected chi connectivity index (χ4v) is 5.23. The highest BCUT2D eigenvalue weighted by molar-refractivity contribution is 7.89. The minimum absolute atomic E-state index is 0.156. The summed E-state index contributed by atoms with van der Waals surface area (Å²) in [7, 11) is -3.57. The van der Waals surface area contributed by atoms with Crippen molar-refractivity contribution in [1.29, 1.82) is 0 Å². The van der Waals surface area contributed by atoms with Gasteiger partial charge in [-0.1, -0.05) is 18.2 Å². The minimum atomic E-state index is -3.57. The van der Waals surface area contributed by atoms with Crippen molar-refractivity contribution < 1.29 is 18.3 Å². The Morgan fingerprint density at radius 3 is 2.47 bits per heavy atom. The highest BCUT2D eigenvalue weighted by Gasteiger charge is 2.54. The second kappa shape index (κ2) is 4.31. The molecule has 2 bridgehead atoms. The maximum atomic E-state index is 12.6. The lowest BCUT2D eigenvalue weighted by Gasteiger charge is -2.22. The molecular formula is C13H15NO4S. The maximum absolute atomic E-state index is 12.6. The van der Waals surface area contributed by atoms with Crippen LogP contribution in [0.3, 0.4) is 0 Å². The van der Waals surface area contributed by atoms with Crippen LogP contribution in [0.4, 0.5) is 0 Å². The Bertz CT molecular complexity index is 598. The largest absolute Gasteiger partial charge is 0.481 e. The summed E-state index contributed by atoms with van der Waals surface area (Å²) in [6, 6.07) is 7.70. The minimum Gasteiger partial charge on any atom is -0.481 e. The van der Waals surface area contributed by atoms with Gasteiger partial charge in [0.1, 0.15) is 0 Å². The van der Waals surface area contributed by atoms with Crippen molar-refractivity contribution in [3.05, 3.63) is 30.3 Å². The van der Waals surface area contributed by atoms with Crippen LogP contribution < -0.4 is 0 Å². The summed E-state index contributed by atoms with van der Waals surface area (Å²) in [6.07, 6.45) is 1.85. The van der Waals surface area contributed by atoms with Gasteiger partial charge in [0.2, 0.25) is 10.0 Å². The van der Waals surface area contributed by atoms with Crippen LogP contribution >= 0.6 is 0 Å². The van der Waals surface area contributed by atoms with E-state index in [0.29, 0.717) is 12.8 Å². The van der Waals surface area contributed by atoms with Gasteiger partial charge in [0.05, 0.1) is 10.8 Å². The molecular weight excluding hydrogens is 266 g/mol. The number of sulfonamides is 1. The van der Waals surface area contributed by atoms with Gasteiger partial charge in [-0.25, -0.2) is 8.42 Å². The summed E-state index contributed by atoms with van der Waals surface area (Å²) in [5.74, 6) is -1.45. The Balaban J connectivity index is 1.98. The lowest BCUT2D eigenvalue weighted by molar-refractivity contribution is -0.142. The number of hydrogen-bond acceptors (Lipinski definition) is 3. The predicted molar refractivity (Wildman–Crippen MR) is 68.0 cm³/mol. The molecule has 0 saturated carbocycles. The van der Waals surface area contributed by atoms with E-state index in [0.717, 1.165) is 6.42 Å². The molecule has 0 aromatic heterocycles. The first-order valence-electron chi connectivity index (χ1n) is 6.33. The SMILES string of the molecule is O=C(O)C1CC2CCC1N2S(=O)(=O)c1ccccc1. The summed E-state index contributed by atoms with van der Waals surface area (Å²) in [5, 5.41) is 9.17. The number of carbonyl (C=O) groups is 1. The van der Waals surface area contributed by atoms with Gasteiger partial charge in [0.15, 0.2) is 0 Å². The van der Waals surface area contributed by atoms with Crippen LogP contribution in [0.1, 0.15) is 19.3 Å². The van der Waals surface area contributed by atoms with Crippen LogP contribution in [0.15, 0.2) is 35.2 Å². The van der Waals surface area contributed by atoms with E-state index < -0.39 is 21.9 Å². The van der Waals surface area contributed by atoms with Gasteiger partial charge in [-0.05, 0) is 31.4 Å². The Kier molecular flexibility index (Phi) is 2.87. The van der Waals surface area contributed by atoms with E-state index in [9.17, 15) is 13.2 Å². The number of hydrogen-bond donors (Lipinski definition) is 1. The molecule has 1 aromatic rings. The molecule has 2 heterocycles. The molecule has 19 heavy (non-hydrogen) atoms. The van der Waals surface area contributed by atoms with Crippen molar-refractivity contribution in [3.63, 3.8) is 0 Å². The van der Waals surface area contributed by atoms with Gasteiger partial charge in [-0.15, -0.1) is 0 Å². The molecule has 3 unspecified atom stereocenters. The van der Waals surface area contributed by atoms with Crippen LogP contribution in [-0.4, -0.2) is 35.9 Å². The van der Waals surface area contributed by atoms with Crippen molar-refractivity contribution in [2.45, 2.75) is 36.2 Å². The zero-order chi connectivity index (χ0) is 13.6. The molecule has 0 amide bonds. The standard InChI is InChI=1S/C13H15NO4S/c15-13(16)11-8-9-6-7-12(11)14(9)19(17,18)10-4-2-1-3-5-10/h1-5,9,11-12H,6-8H2,(H,15,16). The molecule has 2 aliphatic rings. The topological polar surface area (TPSA) is 74.7 Å². The number of rotatable bonds is 3. The van der Waals surface area contributed by atoms with Gasteiger partial charge < -0.3 is 5.11 Å². The number of nitrogens with zero attached hydrogens (tertiary/aromatic N) is 1. The number of aliphatic carboxylic acids is 1. The van der Waals surface area contributed by atoms with E-state index in [4.69, 9.17) is 5.11 Å². The van der Waals surface area contributed by atoms with Crippen LogP contribution in [-0.2, 0) is 14.8 Å². The van der Waals surface area contributed by atoms with Crippen LogP contribution in [0.25, 0.3) is 0 Å². The number of carboxylic acid groups (broad SMARTS) is 1. The Morgan fingerprint density at radius 2 is 1.89 bits per heavy atom. The summed E-state index contributed by atoms with van der Waals surface area (Å²) < 4.78 is 26.6. The van der Waals surface area contributed by atoms with Crippen LogP contribution in [0, 0.1) is 5.92 Å². The van der Waals surface area contributed by atoms with Crippen molar-refractivity contribution in [2.75, 3.05) is 0 Å². The lowest BCUT2D eigenvalue weighted by Crippen LogP contribution is -2.37. The zero-order valence-electron chi connectivity index (χ0n) is 10.3. The number of carboxylic acids is 1. The fraction of sp³-hybridized carbons (Fsp3) is 0.462. The normalized spacial score (nSPS) is 30.6. The van der Waals surface area contributed by atoms with E-state index in [1.54, 1.807) is 30.3 Å². The molecule has 1 N–H and O–H groups in total. The molecule has 6 heteroatoms. The second-order valence-corrected chi connectivity index (χ2v) is 6.97. The van der Waals surface area contributed by atoms with Crippen molar-refractivity contribution >= 4 is 16.0 Å². The molecule has 102 valence electrons. The van der Waals surface area contributed by atoms with Gasteiger partial charge >= 0.3 is 5.97 Å². The monoisotopic (exact) mass is 281 g/mol. The fourth-order valence-electron chi connectivity index (χ4n) is 3.29. The molecule has 2 saturated heterocycles. The Labute approximate surface area is 111 Å². The van der Waals surface area contributed by atoms with Gasteiger partial charge in [0, 0.05) is 12.1 Å². The lowest BCUT2D eigenvalue weighted by atomic mass is 9.89. The van der Waals surface area contributed by atoms with E-state index in [-0.39, 0.29) is 17.0 Å². The van der Waals surface area contributed by atoms with Crippen molar-refractivity contribution in [2.24, 2.45) is 5.92 Å². The third-order valence-corrected chi connectivity index (χ3v) is 6.10. The smallest absolute Gasteiger partial charge is 0.308 e. The van der Waals surface area contributed by atoms with Crippen LogP contribution in [0.2, 0.25) is 0 Å². The molecule has 0 aliphatic carbocycles. The average Bonchev–Trinajstić information content (AvgIpc) is 2.98. The molecule has 3 rings (SSSR count). The van der Waals surface area contributed by atoms with Gasteiger partial charge in [-0.3, -0.25) is 4.79 Å². The Morgan fingerprint density at radius 1 is 1.21 bits per heavy atom. The highest BCUT2D eigenvalue weighted by atomic mass is 32.2. The first kappa shape index (κ1) is 12.6. The Hall–Kier alpha value is -1.40. The quantitative estimate of drug-likeness (QED) is 0.906. The summed E-state index contributed by atoms with van der Waals surface area (Å²) in [4.78, 5) is 11.4. The molecule has 0 radical (unpaired) electrons. The molecule has 1 aromatic carbocycles. The first-order chi connectivity index (χ1) is 9.01. The van der Waals surface area contributed by atoms with Crippen molar-refractivity contribution in [1.82, 2.24) is 4.31 Å². The van der Waals surface area contributed by atoms with E-state index in [1.807, 2.05) is 0 Å². The summed E-state index contributed by atoms with van der Waals surface area (Å²) in [6.45, 7) is 0. The molecule has 0 spiro atoms. The molecule has 2 fully saturated rings. The highest BCUT2D eigenvalue weighted by Crippen LogP contribution is 2.44. The molecule has 2 aliphatic heterocycles. The zero-order valence-corrected chi connectivity index (χ0v) is 11.1. The summed E-state index contributed by atoms with van der Waals surface area (Å²) >= 11 is 0.